The third-order valence-electron chi connectivity index (χ3n) is 1.96. The van der Waals surface area contributed by atoms with Gasteiger partial charge in [-0.25, -0.2) is 4.98 Å². The zero-order chi connectivity index (χ0) is 10.6. The van der Waals surface area contributed by atoms with Crippen molar-refractivity contribution >= 4 is 21.6 Å². The Balaban J connectivity index is 0.000000461. The molecule has 0 unspecified atom stereocenters. The summed E-state index contributed by atoms with van der Waals surface area (Å²) in [7, 11) is 0. The van der Waals surface area contributed by atoms with E-state index in [-0.39, 0.29) is 0 Å². The summed E-state index contributed by atoms with van der Waals surface area (Å²) in [5.74, 6) is 0. The summed E-state index contributed by atoms with van der Waals surface area (Å²) in [6.07, 6.45) is 1.04. The quantitative estimate of drug-likeness (QED) is 0.683. The number of fused-ring (bicyclic) bond motifs is 1. The highest BCUT2D eigenvalue weighted by Crippen LogP contribution is 2.25. The Morgan fingerprint density at radius 1 is 1.29 bits per heavy atom. The van der Waals surface area contributed by atoms with Crippen molar-refractivity contribution < 1.29 is 0 Å². The molecule has 0 amide bonds. The molecule has 2 heteroatoms. The van der Waals surface area contributed by atoms with E-state index in [2.05, 4.69) is 37.0 Å². The lowest BCUT2D eigenvalue weighted by molar-refractivity contribution is 1.11. The van der Waals surface area contributed by atoms with Gasteiger partial charge in [0.15, 0.2) is 0 Å². The number of benzene rings is 1. The highest BCUT2D eigenvalue weighted by atomic mass is 32.1. The van der Waals surface area contributed by atoms with Crippen molar-refractivity contribution in [3.8, 4) is 0 Å². The van der Waals surface area contributed by atoms with Crippen LogP contribution in [0.15, 0.2) is 18.2 Å². The number of hydrogen-bond donors (Lipinski definition) is 0. The van der Waals surface area contributed by atoms with Crippen LogP contribution < -0.4 is 0 Å². The van der Waals surface area contributed by atoms with Crippen LogP contribution in [0, 0.1) is 6.92 Å². The summed E-state index contributed by atoms with van der Waals surface area (Å²) in [6.45, 7) is 8.28. The first-order valence-electron chi connectivity index (χ1n) is 5.16. The Morgan fingerprint density at radius 2 is 2.00 bits per heavy atom. The van der Waals surface area contributed by atoms with Gasteiger partial charge in [0.2, 0.25) is 0 Å². The third-order valence-corrected chi connectivity index (χ3v) is 3.31. The van der Waals surface area contributed by atoms with E-state index in [0.29, 0.717) is 0 Å². The maximum absolute atomic E-state index is 4.51. The minimum absolute atomic E-state index is 1.04. The van der Waals surface area contributed by atoms with Crippen LogP contribution in [0.4, 0.5) is 0 Å². The standard InChI is InChI=1S/C10H11NS.C2H6/c1-3-9-11-8-6-4-5-7(2)10(8)12-9;1-2/h4-6H,3H2,1-2H3;1-2H3. The van der Waals surface area contributed by atoms with E-state index in [1.165, 1.54) is 15.3 Å². The van der Waals surface area contributed by atoms with Crippen molar-refractivity contribution in [2.45, 2.75) is 34.1 Å². The average Bonchev–Trinajstić information content (AvgIpc) is 2.65. The molecule has 0 bridgehead atoms. The first-order chi connectivity index (χ1) is 6.81. The van der Waals surface area contributed by atoms with Crippen LogP contribution in [0.3, 0.4) is 0 Å². The number of nitrogens with zero attached hydrogens (tertiary/aromatic N) is 1. The lowest BCUT2D eigenvalue weighted by atomic mass is 10.2. The van der Waals surface area contributed by atoms with Crippen LogP contribution in [0.25, 0.3) is 10.2 Å². The summed E-state index contributed by atoms with van der Waals surface area (Å²) in [5, 5.41) is 1.24. The van der Waals surface area contributed by atoms with Crippen molar-refractivity contribution in [2.24, 2.45) is 0 Å². The van der Waals surface area contributed by atoms with Gasteiger partial charge >= 0.3 is 0 Å². The summed E-state index contributed by atoms with van der Waals surface area (Å²) < 4.78 is 1.34. The van der Waals surface area contributed by atoms with Gasteiger partial charge < -0.3 is 0 Å². The summed E-state index contributed by atoms with van der Waals surface area (Å²) >= 11 is 1.81. The molecule has 1 aromatic heterocycles. The lowest BCUT2D eigenvalue weighted by Crippen LogP contribution is -1.74. The monoisotopic (exact) mass is 207 g/mol. The molecule has 2 aromatic rings. The molecular weight excluding hydrogens is 190 g/mol. The molecule has 0 aliphatic carbocycles. The number of aromatic nitrogens is 1. The first kappa shape index (κ1) is 11.2. The molecule has 1 aromatic carbocycles. The Hall–Kier alpha value is -0.890. The van der Waals surface area contributed by atoms with Crippen molar-refractivity contribution in [1.82, 2.24) is 4.98 Å². The van der Waals surface area contributed by atoms with E-state index in [9.17, 15) is 0 Å². The molecule has 0 aliphatic heterocycles. The van der Waals surface area contributed by atoms with Crippen LogP contribution in [-0.4, -0.2) is 4.98 Å². The van der Waals surface area contributed by atoms with Crippen LogP contribution in [0.5, 0.6) is 0 Å². The molecule has 0 saturated carbocycles. The molecule has 2 rings (SSSR count). The molecule has 0 spiro atoms. The predicted octanol–water partition coefficient (Wildman–Crippen LogP) is 4.19. The normalized spacial score (nSPS) is 9.71. The number of aryl methyl sites for hydroxylation is 2. The molecule has 1 heterocycles. The second-order valence-corrected chi connectivity index (χ2v) is 3.97. The lowest BCUT2D eigenvalue weighted by Gasteiger charge is -1.90. The van der Waals surface area contributed by atoms with Gasteiger partial charge in [-0.15, -0.1) is 11.3 Å². The van der Waals surface area contributed by atoms with Crippen molar-refractivity contribution in [1.29, 1.82) is 0 Å². The van der Waals surface area contributed by atoms with Crippen LogP contribution in [0.2, 0.25) is 0 Å². The Morgan fingerprint density at radius 3 is 2.57 bits per heavy atom. The van der Waals surface area contributed by atoms with Gasteiger partial charge in [-0.2, -0.15) is 0 Å². The minimum atomic E-state index is 1.04. The second kappa shape index (κ2) is 5.11. The van der Waals surface area contributed by atoms with Crippen molar-refractivity contribution in [3.05, 3.63) is 28.8 Å². The first-order valence-corrected chi connectivity index (χ1v) is 5.98. The largest absolute Gasteiger partial charge is 0.241 e. The Kier molecular flexibility index (Phi) is 4.08. The number of thiazole rings is 1. The smallest absolute Gasteiger partial charge is 0.0935 e. The zero-order valence-electron chi connectivity index (χ0n) is 9.29. The maximum atomic E-state index is 4.51. The zero-order valence-corrected chi connectivity index (χ0v) is 10.1. The number of hydrogen-bond acceptors (Lipinski definition) is 2. The summed E-state index contributed by atoms with van der Waals surface area (Å²) in [6, 6.07) is 6.29. The molecule has 76 valence electrons. The molecule has 14 heavy (non-hydrogen) atoms. The SMILES string of the molecule is CC.CCc1nc2cccc(C)c2s1. The van der Waals surface area contributed by atoms with E-state index in [4.69, 9.17) is 0 Å². The molecule has 0 radical (unpaired) electrons. The fraction of sp³-hybridized carbons (Fsp3) is 0.417. The Bertz CT molecular complexity index is 404. The van der Waals surface area contributed by atoms with Gasteiger partial charge in [-0.3, -0.25) is 0 Å². The van der Waals surface area contributed by atoms with E-state index >= 15 is 0 Å². The van der Waals surface area contributed by atoms with Crippen molar-refractivity contribution in [3.63, 3.8) is 0 Å². The molecule has 0 N–H and O–H groups in total. The van der Waals surface area contributed by atoms with E-state index < -0.39 is 0 Å². The molecule has 1 nitrogen and oxygen atoms in total. The second-order valence-electron chi connectivity index (χ2n) is 2.88. The topological polar surface area (TPSA) is 12.9 Å². The van der Waals surface area contributed by atoms with E-state index in [1.807, 2.05) is 25.2 Å². The van der Waals surface area contributed by atoms with E-state index in [1.54, 1.807) is 0 Å². The summed E-state index contributed by atoms with van der Waals surface area (Å²) in [5.41, 5.74) is 2.49. The fourth-order valence-corrected chi connectivity index (χ4v) is 2.26. The van der Waals surface area contributed by atoms with Crippen LogP contribution in [-0.2, 0) is 6.42 Å². The van der Waals surface area contributed by atoms with Gasteiger partial charge in [-0.1, -0.05) is 32.9 Å². The van der Waals surface area contributed by atoms with Gasteiger partial charge in [0.25, 0.3) is 0 Å². The highest BCUT2D eigenvalue weighted by Gasteiger charge is 2.02. The highest BCUT2D eigenvalue weighted by molar-refractivity contribution is 7.18. The van der Waals surface area contributed by atoms with Gasteiger partial charge in [-0.05, 0) is 25.0 Å². The van der Waals surface area contributed by atoms with Crippen LogP contribution >= 0.6 is 11.3 Å². The molecular formula is C12H17NS. The number of rotatable bonds is 1. The fourth-order valence-electron chi connectivity index (χ4n) is 1.28. The van der Waals surface area contributed by atoms with Gasteiger partial charge in [0.1, 0.15) is 0 Å². The molecule has 0 aliphatic rings. The third kappa shape index (κ3) is 2.13. The minimum Gasteiger partial charge on any atom is -0.241 e. The Labute approximate surface area is 89.8 Å². The maximum Gasteiger partial charge on any atom is 0.0935 e. The molecule has 0 fully saturated rings. The average molecular weight is 207 g/mol. The van der Waals surface area contributed by atoms with E-state index in [0.717, 1.165) is 11.9 Å². The predicted molar refractivity (Wildman–Crippen MR) is 65.1 cm³/mol. The van der Waals surface area contributed by atoms with Crippen LogP contribution in [0.1, 0.15) is 31.3 Å². The molecule has 0 atom stereocenters. The van der Waals surface area contributed by atoms with Crippen molar-refractivity contribution in [2.75, 3.05) is 0 Å². The summed E-state index contributed by atoms with van der Waals surface area (Å²) in [4.78, 5) is 4.51. The van der Waals surface area contributed by atoms with Gasteiger partial charge in [0, 0.05) is 0 Å². The molecule has 0 saturated heterocycles. The van der Waals surface area contributed by atoms with Gasteiger partial charge in [0.05, 0.1) is 15.2 Å².